The Labute approximate surface area is 626 Å². The van der Waals surface area contributed by atoms with Gasteiger partial charge in [-0.1, -0.05) is 388 Å². The first-order valence-corrected chi connectivity index (χ1v) is 46.0. The Kier molecular flexibility index (Phi) is 73.1. The molecule has 2 unspecified atom stereocenters. The number of esters is 4. The second kappa shape index (κ2) is 74.5. The van der Waals surface area contributed by atoms with Gasteiger partial charge in [-0.25, -0.2) is 9.13 Å². The minimum Gasteiger partial charge on any atom is -0.462 e. The van der Waals surface area contributed by atoms with Gasteiger partial charge in [0.05, 0.1) is 26.4 Å². The van der Waals surface area contributed by atoms with Crippen LogP contribution in [0.3, 0.4) is 0 Å². The topological polar surface area (TPSA) is 237 Å². The molecule has 0 radical (unpaired) electrons. The number of aliphatic hydroxyl groups is 1. The van der Waals surface area contributed by atoms with Crippen molar-refractivity contribution in [1.29, 1.82) is 0 Å². The number of hydrogen-bond donors (Lipinski definition) is 3. The monoisotopic (exact) mass is 1490 g/mol. The van der Waals surface area contributed by atoms with Crippen LogP contribution in [0.15, 0.2) is 0 Å². The summed E-state index contributed by atoms with van der Waals surface area (Å²) in [6.45, 7) is 9.63. The summed E-state index contributed by atoms with van der Waals surface area (Å²) in [6, 6.07) is 0. The van der Waals surface area contributed by atoms with E-state index in [4.69, 9.17) is 37.0 Å². The van der Waals surface area contributed by atoms with E-state index in [9.17, 15) is 43.2 Å². The fraction of sp³-hybridized carbons (Fsp3) is 0.952. The van der Waals surface area contributed by atoms with Gasteiger partial charge in [0, 0.05) is 25.7 Å². The molecule has 0 aliphatic carbocycles. The van der Waals surface area contributed by atoms with Gasteiger partial charge >= 0.3 is 39.5 Å². The van der Waals surface area contributed by atoms with Gasteiger partial charge in [0.25, 0.3) is 0 Å². The van der Waals surface area contributed by atoms with E-state index in [1.807, 2.05) is 0 Å². The van der Waals surface area contributed by atoms with Crippen molar-refractivity contribution in [2.75, 3.05) is 39.6 Å². The van der Waals surface area contributed by atoms with Crippen LogP contribution in [0.4, 0.5) is 0 Å². The van der Waals surface area contributed by atoms with E-state index in [0.717, 1.165) is 102 Å². The third-order valence-electron chi connectivity index (χ3n) is 19.5. The number of carbonyl (C=O) groups excluding carboxylic acids is 4. The van der Waals surface area contributed by atoms with Crippen molar-refractivity contribution in [3.05, 3.63) is 0 Å². The first-order chi connectivity index (χ1) is 49.4. The lowest BCUT2D eigenvalue weighted by Crippen LogP contribution is -2.30. The van der Waals surface area contributed by atoms with E-state index in [2.05, 4.69) is 41.5 Å². The van der Waals surface area contributed by atoms with Crippen LogP contribution < -0.4 is 0 Å². The number of rotatable bonds is 82. The van der Waals surface area contributed by atoms with Gasteiger partial charge in [-0.05, 0) is 37.5 Å². The molecule has 3 N–H and O–H groups in total. The largest absolute Gasteiger partial charge is 0.472 e. The van der Waals surface area contributed by atoms with Crippen LogP contribution in [-0.4, -0.2) is 96.7 Å². The van der Waals surface area contributed by atoms with E-state index in [1.54, 1.807) is 0 Å². The quantitative estimate of drug-likeness (QED) is 0.0222. The zero-order valence-corrected chi connectivity index (χ0v) is 68.7. The minimum atomic E-state index is -4.96. The molecular formula is C83H162O17P2. The third-order valence-corrected chi connectivity index (χ3v) is 21.4. The zero-order chi connectivity index (χ0) is 74.9. The summed E-state index contributed by atoms with van der Waals surface area (Å²) in [6.07, 6.45) is 65.3. The number of phosphoric ester groups is 2. The van der Waals surface area contributed by atoms with Crippen molar-refractivity contribution in [3.63, 3.8) is 0 Å². The molecule has 102 heavy (non-hydrogen) atoms. The predicted molar refractivity (Wildman–Crippen MR) is 418 cm³/mol. The van der Waals surface area contributed by atoms with Gasteiger partial charge in [0.15, 0.2) is 12.2 Å². The smallest absolute Gasteiger partial charge is 0.462 e. The fourth-order valence-corrected chi connectivity index (χ4v) is 14.5. The van der Waals surface area contributed by atoms with Gasteiger partial charge in [-0.3, -0.25) is 37.3 Å². The molecule has 0 aromatic rings. The van der Waals surface area contributed by atoms with Crippen molar-refractivity contribution >= 4 is 39.5 Å². The summed E-state index contributed by atoms with van der Waals surface area (Å²) in [5.74, 6) is -0.603. The van der Waals surface area contributed by atoms with Crippen molar-refractivity contribution in [1.82, 2.24) is 0 Å². The summed E-state index contributed by atoms with van der Waals surface area (Å²) in [4.78, 5) is 73.1. The molecule has 0 amide bonds. The summed E-state index contributed by atoms with van der Waals surface area (Å²) in [5, 5.41) is 10.7. The maximum absolute atomic E-state index is 13.1. The highest BCUT2D eigenvalue weighted by atomic mass is 31.2. The number of aliphatic hydroxyl groups excluding tert-OH is 1. The van der Waals surface area contributed by atoms with Gasteiger partial charge in [0.1, 0.15) is 19.3 Å². The first-order valence-electron chi connectivity index (χ1n) is 43.0. The second-order valence-corrected chi connectivity index (χ2v) is 33.7. The lowest BCUT2D eigenvalue weighted by Gasteiger charge is -2.21. The van der Waals surface area contributed by atoms with E-state index in [1.165, 1.54) is 257 Å². The van der Waals surface area contributed by atoms with E-state index < -0.39 is 97.5 Å². The van der Waals surface area contributed by atoms with Crippen molar-refractivity contribution in [3.8, 4) is 0 Å². The second-order valence-electron chi connectivity index (χ2n) is 30.8. The number of hydrogen-bond acceptors (Lipinski definition) is 15. The van der Waals surface area contributed by atoms with Gasteiger partial charge in [0.2, 0.25) is 0 Å². The molecule has 5 atom stereocenters. The molecule has 19 heteroatoms. The Balaban J connectivity index is 5.25. The lowest BCUT2D eigenvalue weighted by atomic mass is 10.0. The molecule has 0 aromatic heterocycles. The number of unbranched alkanes of at least 4 members (excludes halogenated alkanes) is 52. The van der Waals surface area contributed by atoms with Gasteiger partial charge in [-0.2, -0.15) is 0 Å². The van der Waals surface area contributed by atoms with Crippen molar-refractivity contribution < 1.29 is 80.2 Å². The molecular weight excluding hydrogens is 1330 g/mol. The molecule has 0 saturated carbocycles. The summed E-state index contributed by atoms with van der Waals surface area (Å²) >= 11 is 0. The molecule has 606 valence electrons. The Morgan fingerprint density at radius 1 is 0.265 bits per heavy atom. The maximum atomic E-state index is 13.1. The Morgan fingerprint density at radius 2 is 0.451 bits per heavy atom. The van der Waals surface area contributed by atoms with Gasteiger partial charge in [-0.15, -0.1) is 0 Å². The molecule has 0 aliphatic heterocycles. The first kappa shape index (κ1) is 100. The van der Waals surface area contributed by atoms with Crippen LogP contribution in [0.5, 0.6) is 0 Å². The fourth-order valence-electron chi connectivity index (χ4n) is 12.9. The third kappa shape index (κ3) is 76.3. The summed E-state index contributed by atoms with van der Waals surface area (Å²) in [7, 11) is -9.92. The average molecular weight is 1490 g/mol. The highest BCUT2D eigenvalue weighted by Gasteiger charge is 2.30. The highest BCUT2D eigenvalue weighted by molar-refractivity contribution is 7.47. The van der Waals surface area contributed by atoms with Crippen molar-refractivity contribution in [2.45, 2.75) is 458 Å². The van der Waals surface area contributed by atoms with Crippen LogP contribution in [-0.2, 0) is 65.4 Å². The van der Waals surface area contributed by atoms with Crippen LogP contribution in [0.2, 0.25) is 0 Å². The summed E-state index contributed by atoms with van der Waals surface area (Å²) in [5.41, 5.74) is 0. The maximum Gasteiger partial charge on any atom is 0.472 e. The van der Waals surface area contributed by atoms with Gasteiger partial charge < -0.3 is 33.8 Å². The molecule has 0 aromatic carbocycles. The molecule has 0 fully saturated rings. The minimum absolute atomic E-state index is 0.107. The number of carbonyl (C=O) groups is 4. The Morgan fingerprint density at radius 3 is 0.667 bits per heavy atom. The molecule has 0 rings (SSSR count). The van der Waals surface area contributed by atoms with Crippen LogP contribution in [0.1, 0.15) is 440 Å². The lowest BCUT2D eigenvalue weighted by molar-refractivity contribution is -0.161. The molecule has 0 heterocycles. The SMILES string of the molecule is CCCCCCCCCCCCCCCCCCCCC(=O)OC[C@H](COP(=O)(O)OC[C@@H](O)COP(=O)(O)OC[C@@H](COC(=O)CCCCCCCCCCC(C)C)OC(=O)CCCCCCCCCCCCCCC(C)C)OC(=O)CCCCCCCCCCCCCCCCCCCC. The average Bonchev–Trinajstić information content (AvgIpc) is 0.980. The predicted octanol–water partition coefficient (Wildman–Crippen LogP) is 25.1. The van der Waals surface area contributed by atoms with E-state index in [0.29, 0.717) is 25.7 Å². The highest BCUT2D eigenvalue weighted by Crippen LogP contribution is 2.45. The van der Waals surface area contributed by atoms with Crippen LogP contribution >= 0.6 is 15.6 Å². The molecule has 0 spiro atoms. The standard InChI is InChI=1S/C83H162O17P2/c1-7-9-11-13-15-17-19-21-23-25-27-29-31-36-40-47-53-59-65-80(85)93-71-78(99-82(87)67-61-55-49-41-37-32-30-28-26-24-22-20-18-16-14-12-10-8-2)73-97-101(89,90)95-69-77(84)70-96-102(91,92)98-74-79(72-94-81(86)66-60-54-48-44-43-46-52-58-64-76(5)6)100-83(88)68-62-56-50-42-38-34-33-35-39-45-51-57-63-75(3)4/h75-79,84H,7-74H2,1-6H3,(H,89,90)(H,91,92)/t77-,78-,79-/m1/s1. The Bertz CT molecular complexity index is 1960. The van der Waals surface area contributed by atoms with Crippen LogP contribution in [0.25, 0.3) is 0 Å². The number of ether oxygens (including phenoxy) is 4. The number of phosphoric acid groups is 2. The Hall–Kier alpha value is -1.94. The van der Waals surface area contributed by atoms with E-state index >= 15 is 0 Å². The molecule has 0 aliphatic rings. The van der Waals surface area contributed by atoms with Crippen molar-refractivity contribution in [2.24, 2.45) is 11.8 Å². The normalized spacial score (nSPS) is 13.9. The molecule has 0 saturated heterocycles. The van der Waals surface area contributed by atoms with E-state index in [-0.39, 0.29) is 25.7 Å². The summed E-state index contributed by atoms with van der Waals surface area (Å²) < 4.78 is 68.8. The zero-order valence-electron chi connectivity index (χ0n) is 66.9. The molecule has 17 nitrogen and oxygen atoms in total. The molecule has 0 bridgehead atoms. The van der Waals surface area contributed by atoms with Crippen LogP contribution in [0, 0.1) is 11.8 Å².